The second-order valence-corrected chi connectivity index (χ2v) is 0.200. The van der Waals surface area contributed by atoms with Crippen LogP contribution in [0.25, 0.3) is 0 Å². The fourth-order valence-electron chi connectivity index (χ4n) is 0. The Morgan fingerprint density at radius 1 is 1.00 bits per heavy atom. The third-order valence-electron chi connectivity index (χ3n) is 0. The number of aliphatic hydroxyl groups excluding tert-OH is 2. The van der Waals surface area contributed by atoms with Crippen LogP contribution in [0.1, 0.15) is 0 Å². The molecule has 0 fully saturated rings. The second kappa shape index (κ2) is 49.4. The normalized spacial score (nSPS) is 2.00. The van der Waals surface area contributed by atoms with Crippen LogP contribution in [0.3, 0.4) is 0 Å². The monoisotopic (exact) mass is 294 g/mol. The van der Waals surface area contributed by atoms with Crippen LogP contribution in [-0.4, -0.2) is 37.5 Å². The molecule has 0 rings (SSSR count). The Morgan fingerprint density at radius 3 is 1.00 bits per heavy atom. The van der Waals surface area contributed by atoms with Gasteiger partial charge in [-0.05, 0) is 0 Å². The predicted octanol–water partition coefficient (Wildman–Crippen LogP) is -0.701. The maximum Gasteiger partial charge on any atom is 0.283 e. The van der Waals surface area contributed by atoms with Crippen molar-refractivity contribution in [1.29, 1.82) is 10.5 Å². The smallest absolute Gasteiger partial charge is 0.283 e. The van der Waals surface area contributed by atoms with Crippen LogP contribution in [-0.2, 0) is 0 Å². The van der Waals surface area contributed by atoms with Crippen molar-refractivity contribution < 1.29 is 10.2 Å². The summed E-state index contributed by atoms with van der Waals surface area (Å²) in [7, 11) is 0. The van der Waals surface area contributed by atoms with Crippen LogP contribution in [0.5, 0.6) is 0 Å². The minimum absolute atomic E-state index is 0. The van der Waals surface area contributed by atoms with Gasteiger partial charge in [-0.1, -0.05) is 0 Å². The molecule has 0 unspecified atom stereocenters. The van der Waals surface area contributed by atoms with Gasteiger partial charge in [0.2, 0.25) is 0 Å². The summed E-state index contributed by atoms with van der Waals surface area (Å²) in [6.07, 6.45) is 1.50. The molecule has 0 aromatic carbocycles. The van der Waals surface area contributed by atoms with Gasteiger partial charge in [0.05, 0.1) is 0 Å². The van der Waals surface area contributed by atoms with Crippen molar-refractivity contribution in [1.82, 2.24) is 0 Å². The molecule has 0 spiro atoms. The molecule has 0 amide bonds. The zero-order chi connectivity index (χ0) is 5.41. The van der Waals surface area contributed by atoms with Gasteiger partial charge in [-0.25, -0.2) is 0 Å². The van der Waals surface area contributed by atoms with Crippen LogP contribution in [0, 0.1) is 23.0 Å². The van der Waals surface area contributed by atoms with Crippen molar-refractivity contribution in [3.8, 4) is 12.5 Å². The van der Waals surface area contributed by atoms with Crippen molar-refractivity contribution in [2.24, 2.45) is 0 Å². The molecule has 7 heavy (non-hydrogen) atoms. The van der Waals surface area contributed by atoms with Crippen molar-refractivity contribution >= 4 is 27.3 Å². The molecule has 4 nitrogen and oxygen atoms in total. The molecule has 0 atom stereocenters. The summed E-state index contributed by atoms with van der Waals surface area (Å²) in [4.78, 5) is 0. The zero-order valence-corrected chi connectivity index (χ0v) is 7.18. The number of aliphatic hydroxyl groups is 2. The quantitative estimate of drug-likeness (QED) is 0.456. The van der Waals surface area contributed by atoms with E-state index in [0.29, 0.717) is 0 Å². The largest absolute Gasteiger partial charge is 0.443 e. The Labute approximate surface area is 60.8 Å². The van der Waals surface area contributed by atoms with Crippen molar-refractivity contribution in [3.05, 3.63) is 0 Å². The third-order valence-corrected chi connectivity index (χ3v) is 0. The predicted molar refractivity (Wildman–Crippen MR) is 20.9 cm³/mol. The van der Waals surface area contributed by atoms with Gasteiger partial charge < -0.3 is 10.2 Å². The van der Waals surface area contributed by atoms with Gasteiger partial charge in [0.25, 0.3) is 12.5 Å². The van der Waals surface area contributed by atoms with Gasteiger partial charge in [0, 0.05) is 27.3 Å². The molecule has 0 bridgehead atoms. The molecule has 0 heterocycles. The molecule has 0 saturated carbocycles. The SMILES string of the molecule is N#CO.N#CO.[Pb]. The van der Waals surface area contributed by atoms with Crippen molar-refractivity contribution in [3.63, 3.8) is 0 Å². The maximum atomic E-state index is 6.88. The summed E-state index contributed by atoms with van der Waals surface area (Å²) < 4.78 is 0. The molecular weight excluding hydrogens is 291 g/mol. The van der Waals surface area contributed by atoms with Crippen molar-refractivity contribution in [2.45, 2.75) is 0 Å². The van der Waals surface area contributed by atoms with E-state index in [1.807, 2.05) is 0 Å². The Morgan fingerprint density at radius 2 is 1.00 bits per heavy atom. The molecular formula is C2H2N2O2Pb. The molecule has 0 aromatic heterocycles. The first-order valence-corrected chi connectivity index (χ1v) is 0.894. The summed E-state index contributed by atoms with van der Waals surface area (Å²) in [6.45, 7) is 0. The summed E-state index contributed by atoms with van der Waals surface area (Å²) in [6, 6.07) is 0. The minimum atomic E-state index is 0. The average Bonchev–Trinajstić information content (AvgIpc) is 1.39. The van der Waals surface area contributed by atoms with Gasteiger partial charge in [0.15, 0.2) is 0 Å². The van der Waals surface area contributed by atoms with Crippen molar-refractivity contribution in [2.75, 3.05) is 0 Å². The second-order valence-electron chi connectivity index (χ2n) is 0.200. The molecule has 0 saturated heterocycles. The summed E-state index contributed by atoms with van der Waals surface area (Å²) >= 11 is 0. The topological polar surface area (TPSA) is 88.0 Å². The van der Waals surface area contributed by atoms with E-state index in [2.05, 4.69) is 0 Å². The van der Waals surface area contributed by atoms with Gasteiger partial charge in [-0.15, -0.1) is 0 Å². The summed E-state index contributed by atoms with van der Waals surface area (Å²) in [5.41, 5.74) is 0. The minimum Gasteiger partial charge on any atom is -0.443 e. The Kier molecular flexibility index (Phi) is 113. The van der Waals surface area contributed by atoms with Gasteiger partial charge in [-0.3, -0.25) is 0 Å². The first kappa shape index (κ1) is 16.0. The van der Waals surface area contributed by atoms with Crippen LogP contribution < -0.4 is 0 Å². The van der Waals surface area contributed by atoms with Gasteiger partial charge >= 0.3 is 0 Å². The number of hydrogen-bond donors (Lipinski definition) is 2. The van der Waals surface area contributed by atoms with E-state index in [9.17, 15) is 0 Å². The Hall–Kier alpha value is -0.498. The molecule has 2 N–H and O–H groups in total. The van der Waals surface area contributed by atoms with Crippen LogP contribution in [0.4, 0.5) is 0 Å². The molecule has 36 valence electrons. The number of hydrogen-bond acceptors (Lipinski definition) is 4. The van der Waals surface area contributed by atoms with E-state index >= 15 is 0 Å². The molecule has 5 heteroatoms. The summed E-state index contributed by atoms with van der Waals surface area (Å²) in [5, 5.41) is 27.5. The molecule has 0 aliphatic heterocycles. The van der Waals surface area contributed by atoms with E-state index in [1.165, 1.54) is 0 Å². The standard InChI is InChI=1S/2CHNO.Pb/c2*2-1-3;/h2*3H;. The molecule has 0 aromatic rings. The molecule has 0 aliphatic rings. The van der Waals surface area contributed by atoms with Crippen LogP contribution >= 0.6 is 0 Å². The van der Waals surface area contributed by atoms with Gasteiger partial charge in [-0.2, -0.15) is 10.5 Å². The Balaban J connectivity index is -0.0000000400. The fourth-order valence-corrected chi connectivity index (χ4v) is 0. The van der Waals surface area contributed by atoms with Crippen LogP contribution in [0.2, 0.25) is 0 Å². The van der Waals surface area contributed by atoms with E-state index in [0.717, 1.165) is 12.5 Å². The number of nitriles is 2. The van der Waals surface area contributed by atoms with E-state index < -0.39 is 0 Å². The van der Waals surface area contributed by atoms with Crippen LogP contribution in [0.15, 0.2) is 0 Å². The maximum absolute atomic E-state index is 6.88. The van der Waals surface area contributed by atoms with E-state index in [1.54, 1.807) is 0 Å². The average molecular weight is 293 g/mol. The number of nitrogens with zero attached hydrogens (tertiary/aromatic N) is 2. The molecule has 0 aliphatic carbocycles. The summed E-state index contributed by atoms with van der Waals surface area (Å²) in [5.74, 6) is 0. The molecule has 4 radical (unpaired) electrons. The Bertz CT molecular complexity index is 68.7. The van der Waals surface area contributed by atoms with E-state index in [-0.39, 0.29) is 27.3 Å². The van der Waals surface area contributed by atoms with E-state index in [4.69, 9.17) is 20.7 Å². The first-order chi connectivity index (χ1) is 2.83. The zero-order valence-electron chi connectivity index (χ0n) is 3.29. The third kappa shape index (κ3) is 272. The first-order valence-electron chi connectivity index (χ1n) is 0.894. The van der Waals surface area contributed by atoms with Gasteiger partial charge in [0.1, 0.15) is 0 Å². The number of rotatable bonds is 0. The fraction of sp³-hybridized carbons (Fsp3) is 0.